The molecule has 0 heterocycles. The van der Waals surface area contributed by atoms with Gasteiger partial charge >= 0.3 is 12.0 Å². The second-order valence-electron chi connectivity index (χ2n) is 1.71. The number of primary amides is 1. The van der Waals surface area contributed by atoms with Crippen molar-refractivity contribution >= 4 is 12.0 Å². The number of carbonyl (C=O) groups is 2. The number of carboxylic acids is 1. The molecule has 0 fully saturated rings. The highest BCUT2D eigenvalue weighted by atomic mass is 16.4. The van der Waals surface area contributed by atoms with E-state index in [1.165, 1.54) is 6.92 Å². The molecule has 0 bridgehead atoms. The van der Waals surface area contributed by atoms with E-state index in [-0.39, 0.29) is 0 Å². The van der Waals surface area contributed by atoms with Crippen LogP contribution in [0.1, 0.15) is 6.92 Å². The number of carboxylic acid groups (broad SMARTS) is 1. The Morgan fingerprint density at radius 3 is 1.92 bits per heavy atom. The summed E-state index contributed by atoms with van der Waals surface area (Å²) in [4.78, 5) is 19.0. The van der Waals surface area contributed by atoms with Crippen LogP contribution in [-0.4, -0.2) is 40.2 Å². The molecule has 0 aromatic carbocycles. The van der Waals surface area contributed by atoms with E-state index in [2.05, 4.69) is 5.73 Å². The molecule has 0 aliphatic carbocycles. The Bertz CT molecular complexity index is 147. The third kappa shape index (κ3) is 15.9. The first-order valence-corrected chi connectivity index (χ1v) is 2.96. The van der Waals surface area contributed by atoms with Gasteiger partial charge in [-0.05, 0) is 6.92 Å². The summed E-state index contributed by atoms with van der Waals surface area (Å²) in [5.41, 5.74) is 4.49. The quantitative estimate of drug-likeness (QED) is 0.315. The van der Waals surface area contributed by atoms with Gasteiger partial charge in [0.1, 0.15) is 12.8 Å². The number of amides is 2. The molecular weight excluding hydrogens is 168 g/mol. The maximum absolute atomic E-state index is 9.55. The molecular formula is C5H12N2O5. The lowest BCUT2D eigenvalue weighted by Crippen LogP contribution is -2.29. The van der Waals surface area contributed by atoms with Gasteiger partial charge in [0.2, 0.25) is 0 Å². The van der Waals surface area contributed by atoms with Crippen LogP contribution in [0.4, 0.5) is 4.79 Å². The largest absolute Gasteiger partial charge is 0.479 e. The lowest BCUT2D eigenvalue weighted by molar-refractivity contribution is -0.145. The Morgan fingerprint density at radius 2 is 1.92 bits per heavy atom. The van der Waals surface area contributed by atoms with Gasteiger partial charge in [-0.2, -0.15) is 0 Å². The number of carbonyl (C=O) groups excluding carboxylic acids is 1. The lowest BCUT2D eigenvalue weighted by atomic mass is 10.4. The third-order valence-corrected chi connectivity index (χ3v) is 0.611. The Morgan fingerprint density at radius 1 is 1.58 bits per heavy atom. The molecule has 12 heavy (non-hydrogen) atoms. The van der Waals surface area contributed by atoms with Crippen LogP contribution in [0.5, 0.6) is 0 Å². The van der Waals surface area contributed by atoms with Gasteiger partial charge in [0.05, 0.1) is 0 Å². The van der Waals surface area contributed by atoms with E-state index in [0.29, 0.717) is 0 Å². The molecule has 0 radical (unpaired) electrons. The van der Waals surface area contributed by atoms with E-state index >= 15 is 0 Å². The molecule has 7 heteroatoms. The van der Waals surface area contributed by atoms with Crippen molar-refractivity contribution in [2.45, 2.75) is 13.0 Å². The summed E-state index contributed by atoms with van der Waals surface area (Å²) in [6.45, 7) is 0.803. The summed E-state index contributed by atoms with van der Waals surface area (Å²) >= 11 is 0. The SMILES string of the molecule is CC(O)C(=O)O.NC(=O)NCO. The summed E-state index contributed by atoms with van der Waals surface area (Å²) in [6, 6.07) is -0.711. The second kappa shape index (κ2) is 7.76. The van der Waals surface area contributed by atoms with Gasteiger partial charge < -0.3 is 26.4 Å². The van der Waals surface area contributed by atoms with E-state index in [0.717, 1.165) is 0 Å². The highest BCUT2D eigenvalue weighted by Crippen LogP contribution is 1.73. The van der Waals surface area contributed by atoms with Gasteiger partial charge in [-0.1, -0.05) is 0 Å². The Labute approximate surface area is 68.8 Å². The molecule has 0 rings (SSSR count). The number of hydrogen-bond donors (Lipinski definition) is 5. The molecule has 0 saturated carbocycles. The zero-order valence-corrected chi connectivity index (χ0v) is 6.52. The molecule has 72 valence electrons. The molecule has 0 spiro atoms. The van der Waals surface area contributed by atoms with Crippen LogP contribution >= 0.6 is 0 Å². The molecule has 1 unspecified atom stereocenters. The van der Waals surface area contributed by atoms with Crippen molar-refractivity contribution in [1.29, 1.82) is 0 Å². The molecule has 0 aliphatic heterocycles. The predicted molar refractivity (Wildman–Crippen MR) is 39.1 cm³/mol. The number of hydrogen-bond acceptors (Lipinski definition) is 4. The fourth-order valence-corrected chi connectivity index (χ4v) is 0.0779. The van der Waals surface area contributed by atoms with Crippen molar-refractivity contribution in [2.75, 3.05) is 6.73 Å². The summed E-state index contributed by atoms with van der Waals surface area (Å²) < 4.78 is 0. The predicted octanol–water partition coefficient (Wildman–Crippen LogP) is -1.94. The van der Waals surface area contributed by atoms with E-state index in [4.69, 9.17) is 15.3 Å². The molecule has 0 saturated heterocycles. The van der Waals surface area contributed by atoms with Crippen LogP contribution in [0.2, 0.25) is 0 Å². The topological polar surface area (TPSA) is 133 Å². The summed E-state index contributed by atoms with van der Waals surface area (Å²) in [5.74, 6) is -1.19. The van der Waals surface area contributed by atoms with Gasteiger partial charge in [0.15, 0.2) is 0 Å². The van der Waals surface area contributed by atoms with Gasteiger partial charge in [0.25, 0.3) is 0 Å². The first-order valence-electron chi connectivity index (χ1n) is 2.96. The number of nitrogens with one attached hydrogen (secondary N) is 1. The zero-order valence-electron chi connectivity index (χ0n) is 6.52. The molecule has 1 atom stereocenters. The van der Waals surface area contributed by atoms with Crippen molar-refractivity contribution in [1.82, 2.24) is 5.32 Å². The van der Waals surface area contributed by atoms with E-state index in [1.54, 1.807) is 0 Å². The molecule has 0 aliphatic rings. The fourth-order valence-electron chi connectivity index (χ4n) is 0.0779. The Hall–Kier alpha value is -1.34. The fraction of sp³-hybridized carbons (Fsp3) is 0.600. The lowest BCUT2D eigenvalue weighted by Gasteiger charge is -1.89. The van der Waals surface area contributed by atoms with E-state index in [9.17, 15) is 9.59 Å². The monoisotopic (exact) mass is 180 g/mol. The summed E-state index contributed by atoms with van der Waals surface area (Å²) in [7, 11) is 0. The third-order valence-electron chi connectivity index (χ3n) is 0.611. The van der Waals surface area contributed by atoms with Crippen LogP contribution < -0.4 is 11.1 Å². The van der Waals surface area contributed by atoms with Gasteiger partial charge in [0, 0.05) is 0 Å². The first-order chi connectivity index (χ1) is 5.41. The van der Waals surface area contributed by atoms with Crippen LogP contribution in [0.3, 0.4) is 0 Å². The molecule has 6 N–H and O–H groups in total. The van der Waals surface area contributed by atoms with Gasteiger partial charge in [-0.15, -0.1) is 0 Å². The number of nitrogens with two attached hydrogens (primary N) is 1. The van der Waals surface area contributed by atoms with Crippen LogP contribution in [0.15, 0.2) is 0 Å². The number of aliphatic carboxylic acids is 1. The highest BCUT2D eigenvalue weighted by Gasteiger charge is 2.01. The van der Waals surface area contributed by atoms with Crippen molar-refractivity contribution in [3.8, 4) is 0 Å². The first kappa shape index (κ1) is 13.3. The minimum absolute atomic E-state index is 0.394. The molecule has 2 amide bonds. The summed E-state index contributed by atoms with van der Waals surface area (Å²) in [6.07, 6.45) is -1.23. The average molecular weight is 180 g/mol. The minimum Gasteiger partial charge on any atom is -0.479 e. The number of rotatable bonds is 2. The maximum atomic E-state index is 9.55. The number of urea groups is 1. The zero-order chi connectivity index (χ0) is 10.1. The van der Waals surface area contributed by atoms with Crippen molar-refractivity contribution in [3.63, 3.8) is 0 Å². The highest BCUT2D eigenvalue weighted by molar-refractivity contribution is 5.71. The normalized spacial score (nSPS) is 10.6. The van der Waals surface area contributed by atoms with Crippen molar-refractivity contribution < 1.29 is 24.9 Å². The second-order valence-corrected chi connectivity index (χ2v) is 1.71. The van der Waals surface area contributed by atoms with E-state index in [1.807, 2.05) is 5.32 Å². The average Bonchev–Trinajstić information content (AvgIpc) is 1.87. The number of aliphatic hydroxyl groups is 2. The standard InChI is InChI=1S/C3H6O3.C2H6N2O2/c1-2(4)3(5)6;3-2(6)4-1-5/h2,4H,1H3,(H,5,6);5H,1H2,(H3,3,4,6). The minimum atomic E-state index is -1.23. The number of aliphatic hydroxyl groups excluding tert-OH is 2. The van der Waals surface area contributed by atoms with E-state index < -0.39 is 24.8 Å². The smallest absolute Gasteiger partial charge is 0.332 e. The maximum Gasteiger partial charge on any atom is 0.332 e. The molecule has 7 nitrogen and oxygen atoms in total. The van der Waals surface area contributed by atoms with Crippen molar-refractivity contribution in [2.24, 2.45) is 5.73 Å². The van der Waals surface area contributed by atoms with Crippen LogP contribution in [-0.2, 0) is 4.79 Å². The Kier molecular flexibility index (Phi) is 8.58. The van der Waals surface area contributed by atoms with Gasteiger partial charge in [-0.3, -0.25) is 0 Å². The molecule has 0 aromatic heterocycles. The van der Waals surface area contributed by atoms with Crippen LogP contribution in [0.25, 0.3) is 0 Å². The molecule has 0 aromatic rings. The van der Waals surface area contributed by atoms with Crippen molar-refractivity contribution in [3.05, 3.63) is 0 Å². The van der Waals surface area contributed by atoms with Crippen LogP contribution in [0, 0.1) is 0 Å². The van der Waals surface area contributed by atoms with Gasteiger partial charge in [-0.25, -0.2) is 9.59 Å². The Balaban J connectivity index is 0. The summed E-state index contributed by atoms with van der Waals surface area (Å²) in [5, 5.41) is 25.5.